The number of nitrogens with one attached hydrogen (secondary N) is 2. The van der Waals surface area contributed by atoms with Crippen molar-refractivity contribution in [1.29, 1.82) is 0 Å². The van der Waals surface area contributed by atoms with Crippen LogP contribution < -0.4 is 10.6 Å². The van der Waals surface area contributed by atoms with E-state index in [9.17, 15) is 9.59 Å². The van der Waals surface area contributed by atoms with Crippen molar-refractivity contribution in [2.75, 3.05) is 5.32 Å². The van der Waals surface area contributed by atoms with Crippen molar-refractivity contribution < 1.29 is 9.59 Å². The molecule has 0 fully saturated rings. The van der Waals surface area contributed by atoms with Crippen LogP contribution in [-0.4, -0.2) is 11.8 Å². The van der Waals surface area contributed by atoms with E-state index in [0.29, 0.717) is 5.56 Å². The van der Waals surface area contributed by atoms with E-state index < -0.39 is 6.04 Å². The van der Waals surface area contributed by atoms with E-state index in [1.54, 1.807) is 12.1 Å². The third kappa shape index (κ3) is 5.07. The second kappa shape index (κ2) is 9.51. The minimum Gasteiger partial charge on any atom is -0.345 e. The van der Waals surface area contributed by atoms with Gasteiger partial charge in [0.05, 0.1) is 12.5 Å². The second-order valence-corrected chi connectivity index (χ2v) is 6.57. The van der Waals surface area contributed by atoms with Crippen LogP contribution in [0, 0.1) is 0 Å². The maximum Gasteiger partial charge on any atom is 0.251 e. The molecule has 0 heterocycles. The molecule has 3 aromatic carbocycles. The molecule has 0 spiro atoms. The molecular weight excluding hydrogens is 348 g/mol. The highest BCUT2D eigenvalue weighted by Gasteiger charge is 2.19. The molecule has 0 bridgehead atoms. The third-order valence-electron chi connectivity index (χ3n) is 4.61. The van der Waals surface area contributed by atoms with Crippen LogP contribution in [0.2, 0.25) is 0 Å². The van der Waals surface area contributed by atoms with Gasteiger partial charge in [0.2, 0.25) is 5.91 Å². The number of hydrogen-bond acceptors (Lipinski definition) is 2. The van der Waals surface area contributed by atoms with E-state index in [0.717, 1.165) is 23.2 Å². The number of carbonyl (C=O) groups is 2. The molecule has 2 amide bonds. The van der Waals surface area contributed by atoms with E-state index >= 15 is 0 Å². The highest BCUT2D eigenvalue weighted by Crippen LogP contribution is 2.20. The average Bonchev–Trinajstić information content (AvgIpc) is 2.75. The highest BCUT2D eigenvalue weighted by molar-refractivity contribution is 5.96. The van der Waals surface area contributed by atoms with Crippen LogP contribution in [0.5, 0.6) is 0 Å². The molecule has 3 aromatic rings. The van der Waals surface area contributed by atoms with Crippen LogP contribution >= 0.6 is 0 Å². The summed E-state index contributed by atoms with van der Waals surface area (Å²) >= 11 is 0. The third-order valence-corrected chi connectivity index (χ3v) is 4.61. The molecule has 0 aromatic heterocycles. The summed E-state index contributed by atoms with van der Waals surface area (Å²) in [5.74, 6) is -0.334. The molecule has 0 unspecified atom stereocenters. The largest absolute Gasteiger partial charge is 0.345 e. The molecule has 4 heteroatoms. The number of rotatable bonds is 7. The van der Waals surface area contributed by atoms with Crippen LogP contribution in [0.3, 0.4) is 0 Å². The van der Waals surface area contributed by atoms with E-state index in [4.69, 9.17) is 0 Å². The summed E-state index contributed by atoms with van der Waals surface area (Å²) < 4.78 is 0. The van der Waals surface area contributed by atoms with Crippen molar-refractivity contribution in [3.8, 4) is 0 Å². The Morgan fingerprint density at radius 1 is 0.821 bits per heavy atom. The molecule has 0 aliphatic heterocycles. The van der Waals surface area contributed by atoms with Crippen molar-refractivity contribution in [3.63, 3.8) is 0 Å². The van der Waals surface area contributed by atoms with Gasteiger partial charge in [-0.2, -0.15) is 0 Å². The Kier molecular flexibility index (Phi) is 6.58. The lowest BCUT2D eigenvalue weighted by Crippen LogP contribution is -2.31. The van der Waals surface area contributed by atoms with Gasteiger partial charge in [0, 0.05) is 11.3 Å². The summed E-state index contributed by atoms with van der Waals surface area (Å²) in [5, 5.41) is 5.98. The van der Waals surface area contributed by atoms with E-state index in [2.05, 4.69) is 17.6 Å². The minimum atomic E-state index is -0.414. The number of carbonyl (C=O) groups excluding carboxylic acids is 2. The molecule has 2 N–H and O–H groups in total. The first-order valence-electron chi connectivity index (χ1n) is 9.46. The Balaban J connectivity index is 1.76. The first-order chi connectivity index (χ1) is 13.7. The lowest BCUT2D eigenvalue weighted by molar-refractivity contribution is -0.116. The fourth-order valence-corrected chi connectivity index (χ4v) is 3.11. The molecule has 0 saturated heterocycles. The summed E-state index contributed by atoms with van der Waals surface area (Å²) in [6.45, 7) is 2.05. The maximum absolute atomic E-state index is 12.7. The monoisotopic (exact) mass is 372 g/mol. The Bertz CT molecular complexity index is 924. The van der Waals surface area contributed by atoms with Gasteiger partial charge in [0.1, 0.15) is 0 Å². The van der Waals surface area contributed by atoms with Crippen LogP contribution in [0.1, 0.15) is 40.9 Å². The Labute approximate surface area is 165 Å². The van der Waals surface area contributed by atoms with Crippen molar-refractivity contribution in [1.82, 2.24) is 5.32 Å². The number of aryl methyl sites for hydroxylation is 1. The highest BCUT2D eigenvalue weighted by atomic mass is 16.2. The molecule has 3 rings (SSSR count). The lowest BCUT2D eigenvalue weighted by Gasteiger charge is -2.19. The predicted octanol–water partition coefficient (Wildman–Crippen LogP) is 4.75. The molecule has 1 atom stereocenters. The fraction of sp³-hybridized carbons (Fsp3) is 0.167. The van der Waals surface area contributed by atoms with Crippen molar-refractivity contribution in [3.05, 3.63) is 102 Å². The van der Waals surface area contributed by atoms with Crippen molar-refractivity contribution in [2.24, 2.45) is 0 Å². The van der Waals surface area contributed by atoms with Gasteiger partial charge >= 0.3 is 0 Å². The van der Waals surface area contributed by atoms with Crippen LogP contribution in [0.4, 0.5) is 5.69 Å². The van der Waals surface area contributed by atoms with Gasteiger partial charge in [-0.15, -0.1) is 0 Å². The van der Waals surface area contributed by atoms with Crippen LogP contribution in [0.15, 0.2) is 84.9 Å². The zero-order valence-corrected chi connectivity index (χ0v) is 15.9. The smallest absolute Gasteiger partial charge is 0.251 e. The summed E-state index contributed by atoms with van der Waals surface area (Å²) in [5.41, 5.74) is 3.36. The SMILES string of the molecule is CCc1ccccc1NC(=O)C[C@@H](NC(=O)c1ccccc1)c1ccccc1. The zero-order chi connectivity index (χ0) is 19.8. The Morgan fingerprint density at radius 3 is 2.11 bits per heavy atom. The number of benzene rings is 3. The van der Waals surface area contributed by atoms with Crippen molar-refractivity contribution >= 4 is 17.5 Å². The zero-order valence-electron chi connectivity index (χ0n) is 15.9. The number of amides is 2. The number of hydrogen-bond donors (Lipinski definition) is 2. The molecule has 4 nitrogen and oxygen atoms in total. The van der Waals surface area contributed by atoms with E-state index in [-0.39, 0.29) is 18.2 Å². The van der Waals surface area contributed by atoms with Gasteiger partial charge in [-0.25, -0.2) is 0 Å². The summed E-state index contributed by atoms with van der Waals surface area (Å²) in [6, 6.07) is 25.9. The average molecular weight is 372 g/mol. The molecule has 0 aliphatic carbocycles. The normalized spacial score (nSPS) is 11.5. The van der Waals surface area contributed by atoms with Crippen LogP contribution in [0.25, 0.3) is 0 Å². The Hall–Kier alpha value is -3.40. The molecule has 0 aliphatic rings. The fourth-order valence-electron chi connectivity index (χ4n) is 3.11. The van der Waals surface area contributed by atoms with E-state index in [1.165, 1.54) is 0 Å². The second-order valence-electron chi connectivity index (χ2n) is 6.57. The topological polar surface area (TPSA) is 58.2 Å². The van der Waals surface area contributed by atoms with Gasteiger partial charge in [-0.1, -0.05) is 73.7 Å². The summed E-state index contributed by atoms with van der Waals surface area (Å²) in [4.78, 5) is 25.3. The van der Waals surface area contributed by atoms with Crippen molar-refractivity contribution in [2.45, 2.75) is 25.8 Å². The van der Waals surface area contributed by atoms with Gasteiger partial charge < -0.3 is 10.6 Å². The van der Waals surface area contributed by atoms with Gasteiger partial charge in [-0.3, -0.25) is 9.59 Å². The quantitative estimate of drug-likeness (QED) is 0.629. The number of para-hydroxylation sites is 1. The standard InChI is InChI=1S/C24H24N2O2/c1-2-18-11-9-10-16-21(18)25-23(27)17-22(19-12-5-3-6-13-19)26-24(28)20-14-7-4-8-15-20/h3-16,22H,2,17H2,1H3,(H,25,27)(H,26,28)/t22-/m1/s1. The van der Waals surface area contributed by atoms with Gasteiger partial charge in [0.25, 0.3) is 5.91 Å². The molecule has 0 saturated carbocycles. The molecule has 0 radical (unpaired) electrons. The maximum atomic E-state index is 12.7. The van der Waals surface area contributed by atoms with Gasteiger partial charge in [0.15, 0.2) is 0 Å². The van der Waals surface area contributed by atoms with E-state index in [1.807, 2.05) is 72.8 Å². The molecular formula is C24H24N2O2. The predicted molar refractivity (Wildman–Crippen MR) is 112 cm³/mol. The summed E-state index contributed by atoms with van der Waals surface area (Å²) in [7, 11) is 0. The summed E-state index contributed by atoms with van der Waals surface area (Å²) in [6.07, 6.45) is 0.990. The first kappa shape index (κ1) is 19.4. The Morgan fingerprint density at radius 2 is 1.43 bits per heavy atom. The molecule has 142 valence electrons. The number of anilines is 1. The molecule has 28 heavy (non-hydrogen) atoms. The minimum absolute atomic E-state index is 0.136. The lowest BCUT2D eigenvalue weighted by atomic mass is 10.0. The first-order valence-corrected chi connectivity index (χ1v) is 9.46. The van der Waals surface area contributed by atoms with Gasteiger partial charge in [-0.05, 0) is 35.7 Å². The van der Waals surface area contributed by atoms with Crippen LogP contribution in [-0.2, 0) is 11.2 Å².